The molecule has 1 aromatic rings. The summed E-state index contributed by atoms with van der Waals surface area (Å²) in [7, 11) is 1.63. The monoisotopic (exact) mass is 242 g/mol. The first-order valence-corrected chi connectivity index (χ1v) is 5.49. The van der Waals surface area contributed by atoms with E-state index in [0.29, 0.717) is 18.1 Å². The van der Waals surface area contributed by atoms with Crippen LogP contribution in [0.5, 0.6) is 0 Å². The third-order valence-electron chi connectivity index (χ3n) is 2.30. The van der Waals surface area contributed by atoms with Gasteiger partial charge in [-0.05, 0) is 36.1 Å². The predicted octanol–water partition coefficient (Wildman–Crippen LogP) is 2.89. The van der Waals surface area contributed by atoms with Crippen LogP contribution in [-0.2, 0) is 22.6 Å². The highest BCUT2D eigenvalue weighted by atomic mass is 35.5. The molecule has 0 aliphatic carbocycles. The van der Waals surface area contributed by atoms with Crippen LogP contribution in [0.3, 0.4) is 0 Å². The van der Waals surface area contributed by atoms with E-state index in [2.05, 4.69) is 0 Å². The molecule has 0 heterocycles. The van der Waals surface area contributed by atoms with Crippen molar-refractivity contribution in [3.8, 4) is 0 Å². The Balaban J connectivity index is 2.66. The van der Waals surface area contributed by atoms with Gasteiger partial charge in [-0.2, -0.15) is 0 Å². The van der Waals surface area contributed by atoms with Gasteiger partial charge in [-0.1, -0.05) is 17.7 Å². The van der Waals surface area contributed by atoms with Crippen molar-refractivity contribution in [2.75, 3.05) is 7.11 Å². The first kappa shape index (κ1) is 13.0. The van der Waals surface area contributed by atoms with Crippen molar-refractivity contribution in [3.05, 3.63) is 34.3 Å². The first-order chi connectivity index (χ1) is 7.63. The number of benzene rings is 1. The van der Waals surface area contributed by atoms with E-state index in [1.807, 2.05) is 18.2 Å². The van der Waals surface area contributed by atoms with Crippen molar-refractivity contribution < 1.29 is 14.6 Å². The summed E-state index contributed by atoms with van der Waals surface area (Å²) in [5.41, 5.74) is 2.13. The van der Waals surface area contributed by atoms with Crippen LogP contribution < -0.4 is 0 Å². The Kier molecular flexibility index (Phi) is 5.29. The number of halogens is 1. The summed E-state index contributed by atoms with van der Waals surface area (Å²) in [5, 5.41) is 9.24. The van der Waals surface area contributed by atoms with Gasteiger partial charge in [0.25, 0.3) is 0 Å². The lowest BCUT2D eigenvalue weighted by Gasteiger charge is -2.08. The van der Waals surface area contributed by atoms with E-state index >= 15 is 0 Å². The van der Waals surface area contributed by atoms with Gasteiger partial charge in [0, 0.05) is 18.6 Å². The minimum Gasteiger partial charge on any atom is -0.481 e. The Morgan fingerprint density at radius 2 is 2.19 bits per heavy atom. The minimum absolute atomic E-state index is 0.190. The summed E-state index contributed by atoms with van der Waals surface area (Å²) < 4.78 is 5.08. The maximum absolute atomic E-state index is 10.4. The molecule has 4 heteroatoms. The van der Waals surface area contributed by atoms with Crippen molar-refractivity contribution >= 4 is 17.6 Å². The number of carbonyl (C=O) groups is 1. The van der Waals surface area contributed by atoms with E-state index in [1.165, 1.54) is 0 Å². The molecular formula is C12H15ClO3. The molecule has 0 fully saturated rings. The maximum Gasteiger partial charge on any atom is 0.303 e. The van der Waals surface area contributed by atoms with E-state index < -0.39 is 5.97 Å². The van der Waals surface area contributed by atoms with Crippen molar-refractivity contribution in [2.24, 2.45) is 0 Å². The van der Waals surface area contributed by atoms with Gasteiger partial charge in [-0.15, -0.1) is 0 Å². The van der Waals surface area contributed by atoms with Crippen LogP contribution in [0.2, 0.25) is 5.02 Å². The van der Waals surface area contributed by atoms with Crippen molar-refractivity contribution in [1.29, 1.82) is 0 Å². The van der Waals surface area contributed by atoms with Crippen LogP contribution in [0.4, 0.5) is 0 Å². The molecule has 0 saturated carbocycles. The Morgan fingerprint density at radius 3 is 2.81 bits per heavy atom. The molecule has 1 N–H and O–H groups in total. The van der Waals surface area contributed by atoms with E-state index in [4.69, 9.17) is 21.4 Å². The molecule has 0 saturated heterocycles. The van der Waals surface area contributed by atoms with Crippen molar-refractivity contribution in [2.45, 2.75) is 25.9 Å². The molecule has 0 aromatic heterocycles. The van der Waals surface area contributed by atoms with Crippen LogP contribution in [0.1, 0.15) is 24.0 Å². The zero-order valence-corrected chi connectivity index (χ0v) is 9.96. The summed E-state index contributed by atoms with van der Waals surface area (Å²) in [6.07, 6.45) is 1.56. The molecule has 88 valence electrons. The van der Waals surface area contributed by atoms with Gasteiger partial charge in [-0.25, -0.2) is 0 Å². The normalized spacial score (nSPS) is 10.4. The number of carboxylic acids is 1. The van der Waals surface area contributed by atoms with Gasteiger partial charge in [0.15, 0.2) is 0 Å². The Bertz CT molecular complexity index is 363. The highest BCUT2D eigenvalue weighted by Gasteiger charge is 2.04. The Labute approximate surface area is 100.0 Å². The van der Waals surface area contributed by atoms with Crippen LogP contribution >= 0.6 is 11.6 Å². The second kappa shape index (κ2) is 6.51. The van der Waals surface area contributed by atoms with Crippen LogP contribution in [-0.4, -0.2) is 18.2 Å². The van der Waals surface area contributed by atoms with E-state index in [9.17, 15) is 4.79 Å². The summed E-state index contributed by atoms with van der Waals surface area (Å²) in [6, 6.07) is 5.61. The molecule has 1 rings (SSSR count). The fourth-order valence-electron chi connectivity index (χ4n) is 1.56. The minimum atomic E-state index is -0.762. The quantitative estimate of drug-likeness (QED) is 0.834. The molecular weight excluding hydrogens is 228 g/mol. The van der Waals surface area contributed by atoms with Gasteiger partial charge in [0.05, 0.1) is 6.61 Å². The van der Waals surface area contributed by atoms with Gasteiger partial charge in [-0.3, -0.25) is 4.79 Å². The largest absolute Gasteiger partial charge is 0.481 e. The number of aliphatic carboxylic acids is 1. The molecule has 0 bridgehead atoms. The van der Waals surface area contributed by atoms with Crippen molar-refractivity contribution in [3.63, 3.8) is 0 Å². The summed E-state index contributed by atoms with van der Waals surface area (Å²) in [6.45, 7) is 0.503. The number of carboxylic acid groups (broad SMARTS) is 1. The SMILES string of the molecule is COCc1cc(Cl)ccc1CCCC(=O)O. The number of aryl methyl sites for hydroxylation is 1. The molecule has 0 aliphatic heterocycles. The van der Waals surface area contributed by atoms with Gasteiger partial charge in [0.1, 0.15) is 0 Å². The fraction of sp³-hybridized carbons (Fsp3) is 0.417. The molecule has 0 radical (unpaired) electrons. The molecule has 0 spiro atoms. The summed E-state index contributed by atoms with van der Waals surface area (Å²) in [4.78, 5) is 10.4. The Hall–Kier alpha value is -1.06. The summed E-state index contributed by atoms with van der Waals surface area (Å²) >= 11 is 5.89. The lowest BCUT2D eigenvalue weighted by Crippen LogP contribution is -1.99. The Morgan fingerprint density at radius 1 is 1.44 bits per heavy atom. The average Bonchev–Trinajstić information content (AvgIpc) is 2.21. The smallest absolute Gasteiger partial charge is 0.303 e. The maximum atomic E-state index is 10.4. The van der Waals surface area contributed by atoms with Crippen LogP contribution in [0.25, 0.3) is 0 Å². The average molecular weight is 243 g/mol. The fourth-order valence-corrected chi connectivity index (χ4v) is 1.75. The molecule has 0 atom stereocenters. The number of hydrogen-bond donors (Lipinski definition) is 1. The molecule has 0 amide bonds. The predicted molar refractivity (Wildman–Crippen MR) is 62.7 cm³/mol. The number of hydrogen-bond acceptors (Lipinski definition) is 2. The molecule has 3 nitrogen and oxygen atoms in total. The van der Waals surface area contributed by atoms with Crippen LogP contribution in [0, 0.1) is 0 Å². The van der Waals surface area contributed by atoms with E-state index in [-0.39, 0.29) is 6.42 Å². The highest BCUT2D eigenvalue weighted by molar-refractivity contribution is 6.30. The standard InChI is InChI=1S/C12H15ClO3/c1-16-8-10-7-11(13)6-5-9(10)3-2-4-12(14)15/h5-7H,2-4,8H2,1H3,(H,14,15). The molecule has 0 aliphatic rings. The van der Waals surface area contributed by atoms with Gasteiger partial charge in [0.2, 0.25) is 0 Å². The number of rotatable bonds is 6. The van der Waals surface area contributed by atoms with E-state index in [1.54, 1.807) is 7.11 Å². The topological polar surface area (TPSA) is 46.5 Å². The molecule has 0 unspecified atom stereocenters. The summed E-state index contributed by atoms with van der Waals surface area (Å²) in [5.74, 6) is -0.762. The van der Waals surface area contributed by atoms with Crippen molar-refractivity contribution in [1.82, 2.24) is 0 Å². The van der Waals surface area contributed by atoms with E-state index in [0.717, 1.165) is 17.5 Å². The second-order valence-electron chi connectivity index (χ2n) is 3.59. The number of methoxy groups -OCH3 is 1. The van der Waals surface area contributed by atoms with Crippen LogP contribution in [0.15, 0.2) is 18.2 Å². The molecule has 1 aromatic carbocycles. The lowest BCUT2D eigenvalue weighted by molar-refractivity contribution is -0.137. The number of ether oxygens (including phenoxy) is 1. The van der Waals surface area contributed by atoms with Gasteiger partial charge >= 0.3 is 5.97 Å². The third kappa shape index (κ3) is 4.21. The highest BCUT2D eigenvalue weighted by Crippen LogP contribution is 2.18. The third-order valence-corrected chi connectivity index (χ3v) is 2.54. The zero-order chi connectivity index (χ0) is 12.0. The second-order valence-corrected chi connectivity index (χ2v) is 4.03. The molecule has 16 heavy (non-hydrogen) atoms. The first-order valence-electron chi connectivity index (χ1n) is 5.11. The lowest BCUT2D eigenvalue weighted by atomic mass is 10.0. The van der Waals surface area contributed by atoms with Gasteiger partial charge < -0.3 is 9.84 Å². The zero-order valence-electron chi connectivity index (χ0n) is 9.20.